The van der Waals surface area contributed by atoms with E-state index in [1.54, 1.807) is 26.0 Å². The summed E-state index contributed by atoms with van der Waals surface area (Å²) in [6.07, 6.45) is 0. The van der Waals surface area contributed by atoms with Crippen LogP contribution in [0.3, 0.4) is 0 Å². The lowest BCUT2D eigenvalue weighted by molar-refractivity contribution is 0.0696. The van der Waals surface area contributed by atoms with Crippen LogP contribution >= 0.6 is 0 Å². The van der Waals surface area contributed by atoms with Gasteiger partial charge in [0.1, 0.15) is 0 Å². The Labute approximate surface area is 70.8 Å². The second kappa shape index (κ2) is 2.85. The Balaban J connectivity index is 3.33. The van der Waals surface area contributed by atoms with Gasteiger partial charge in [0.2, 0.25) is 0 Å². The lowest BCUT2D eigenvalue weighted by atomic mass is 10.0. The Morgan fingerprint density at radius 1 is 1.33 bits per heavy atom. The number of anilines is 1. The van der Waals surface area contributed by atoms with Crippen LogP contribution in [-0.4, -0.2) is 11.1 Å². The molecule has 1 aromatic rings. The molecule has 0 fully saturated rings. The fourth-order valence-electron chi connectivity index (χ4n) is 1.07. The van der Waals surface area contributed by atoms with Gasteiger partial charge >= 0.3 is 5.97 Å². The molecule has 0 spiro atoms. The summed E-state index contributed by atoms with van der Waals surface area (Å²) in [4.78, 5) is 10.6. The van der Waals surface area contributed by atoms with Crippen LogP contribution in [0.5, 0.6) is 0 Å². The van der Waals surface area contributed by atoms with E-state index < -0.39 is 5.97 Å². The molecule has 0 amide bonds. The van der Waals surface area contributed by atoms with Gasteiger partial charge in [-0.2, -0.15) is 0 Å². The van der Waals surface area contributed by atoms with Crippen LogP contribution in [0.15, 0.2) is 12.1 Å². The van der Waals surface area contributed by atoms with Crippen LogP contribution in [0.1, 0.15) is 21.5 Å². The van der Waals surface area contributed by atoms with Crippen molar-refractivity contribution in [3.63, 3.8) is 0 Å². The Hall–Kier alpha value is -1.51. The minimum absolute atomic E-state index is 0.321. The highest BCUT2D eigenvalue weighted by Crippen LogP contribution is 2.17. The summed E-state index contributed by atoms with van der Waals surface area (Å²) in [7, 11) is 0. The smallest absolute Gasteiger partial charge is 0.335 e. The number of carbonyl (C=O) groups is 1. The fraction of sp³-hybridized carbons (Fsp3) is 0.222. The molecule has 64 valence electrons. The molecule has 0 bridgehead atoms. The van der Waals surface area contributed by atoms with E-state index in [-0.39, 0.29) is 0 Å². The molecule has 0 heterocycles. The average Bonchev–Trinajstić information content (AvgIpc) is 1.96. The maximum Gasteiger partial charge on any atom is 0.335 e. The number of nitrogens with two attached hydrogens (primary N) is 1. The summed E-state index contributed by atoms with van der Waals surface area (Å²) in [5, 5.41) is 8.74. The monoisotopic (exact) mass is 165 g/mol. The molecular formula is C9H11NO2. The first-order chi connectivity index (χ1) is 5.52. The summed E-state index contributed by atoms with van der Waals surface area (Å²) in [5.41, 5.74) is 8.06. The van der Waals surface area contributed by atoms with Gasteiger partial charge in [0.25, 0.3) is 0 Å². The number of carboxylic acids is 1. The highest BCUT2D eigenvalue weighted by atomic mass is 16.4. The Kier molecular flexibility index (Phi) is 2.04. The van der Waals surface area contributed by atoms with Crippen molar-refractivity contribution < 1.29 is 9.90 Å². The Bertz CT molecular complexity index is 332. The van der Waals surface area contributed by atoms with Gasteiger partial charge in [0.15, 0.2) is 0 Å². The quantitative estimate of drug-likeness (QED) is 0.621. The van der Waals surface area contributed by atoms with E-state index in [4.69, 9.17) is 10.8 Å². The lowest BCUT2D eigenvalue weighted by Gasteiger charge is -2.04. The van der Waals surface area contributed by atoms with Crippen molar-refractivity contribution in [1.82, 2.24) is 0 Å². The van der Waals surface area contributed by atoms with Gasteiger partial charge in [-0.25, -0.2) is 4.79 Å². The van der Waals surface area contributed by atoms with Gasteiger partial charge < -0.3 is 10.8 Å². The standard InChI is InChI=1S/C9H11NO2/c1-5-4-8(10)6(2)3-7(5)9(11)12/h3-4H,10H2,1-2H3,(H,11,12). The second-order valence-electron chi connectivity index (χ2n) is 2.83. The summed E-state index contributed by atoms with van der Waals surface area (Å²) < 4.78 is 0. The van der Waals surface area contributed by atoms with Gasteiger partial charge in [-0.1, -0.05) is 0 Å². The number of hydrogen-bond donors (Lipinski definition) is 2. The van der Waals surface area contributed by atoms with E-state index in [9.17, 15) is 4.79 Å². The molecule has 0 atom stereocenters. The van der Waals surface area contributed by atoms with E-state index in [2.05, 4.69) is 0 Å². The van der Waals surface area contributed by atoms with Crippen LogP contribution in [0.4, 0.5) is 5.69 Å². The fourth-order valence-corrected chi connectivity index (χ4v) is 1.07. The number of carboxylic acid groups (broad SMARTS) is 1. The van der Waals surface area contributed by atoms with Crippen LogP contribution in [-0.2, 0) is 0 Å². The lowest BCUT2D eigenvalue weighted by Crippen LogP contribution is -2.02. The normalized spacial score (nSPS) is 9.83. The molecule has 0 aliphatic heterocycles. The van der Waals surface area contributed by atoms with Crippen LogP contribution < -0.4 is 5.73 Å². The highest BCUT2D eigenvalue weighted by Gasteiger charge is 2.08. The van der Waals surface area contributed by atoms with Crippen molar-refractivity contribution >= 4 is 11.7 Å². The summed E-state index contributed by atoms with van der Waals surface area (Å²) in [5.74, 6) is -0.907. The number of rotatable bonds is 1. The Morgan fingerprint density at radius 2 is 1.92 bits per heavy atom. The minimum Gasteiger partial charge on any atom is -0.478 e. The van der Waals surface area contributed by atoms with Gasteiger partial charge in [0, 0.05) is 5.69 Å². The first-order valence-corrected chi connectivity index (χ1v) is 3.62. The molecule has 0 saturated carbocycles. The van der Waals surface area contributed by atoms with E-state index >= 15 is 0 Å². The largest absolute Gasteiger partial charge is 0.478 e. The van der Waals surface area contributed by atoms with Crippen molar-refractivity contribution in [3.8, 4) is 0 Å². The van der Waals surface area contributed by atoms with Gasteiger partial charge in [-0.15, -0.1) is 0 Å². The van der Waals surface area contributed by atoms with E-state index in [1.165, 1.54) is 0 Å². The number of hydrogen-bond acceptors (Lipinski definition) is 2. The first kappa shape index (κ1) is 8.59. The second-order valence-corrected chi connectivity index (χ2v) is 2.83. The highest BCUT2D eigenvalue weighted by molar-refractivity contribution is 5.90. The van der Waals surface area contributed by atoms with Crippen molar-refractivity contribution in [2.24, 2.45) is 0 Å². The molecule has 0 aliphatic carbocycles. The van der Waals surface area contributed by atoms with Crippen molar-refractivity contribution in [2.75, 3.05) is 5.73 Å². The predicted molar refractivity (Wildman–Crippen MR) is 47.3 cm³/mol. The average molecular weight is 165 g/mol. The van der Waals surface area contributed by atoms with Gasteiger partial charge in [0.05, 0.1) is 5.56 Å². The number of nitrogen functional groups attached to an aromatic ring is 1. The summed E-state index contributed by atoms with van der Waals surface area (Å²) in [6, 6.07) is 3.27. The number of aromatic carboxylic acids is 1. The SMILES string of the molecule is Cc1cc(C(=O)O)c(C)cc1N. The molecule has 1 aromatic carbocycles. The molecule has 3 heteroatoms. The van der Waals surface area contributed by atoms with Gasteiger partial charge in [-0.05, 0) is 37.1 Å². The Morgan fingerprint density at radius 3 is 2.42 bits per heavy atom. The molecule has 0 saturated heterocycles. The first-order valence-electron chi connectivity index (χ1n) is 3.62. The number of aryl methyl sites for hydroxylation is 2. The van der Waals surface area contributed by atoms with Crippen LogP contribution in [0.2, 0.25) is 0 Å². The topological polar surface area (TPSA) is 63.3 Å². The van der Waals surface area contributed by atoms with Crippen molar-refractivity contribution in [2.45, 2.75) is 13.8 Å². The molecular weight excluding hydrogens is 154 g/mol. The van der Waals surface area contributed by atoms with Crippen LogP contribution in [0, 0.1) is 13.8 Å². The van der Waals surface area contributed by atoms with Gasteiger partial charge in [-0.3, -0.25) is 0 Å². The molecule has 3 nitrogen and oxygen atoms in total. The van der Waals surface area contributed by atoms with Crippen LogP contribution in [0.25, 0.3) is 0 Å². The summed E-state index contributed by atoms with van der Waals surface area (Å²) in [6.45, 7) is 3.53. The van der Waals surface area contributed by atoms with E-state index in [0.717, 1.165) is 5.56 Å². The zero-order valence-electron chi connectivity index (χ0n) is 7.09. The van der Waals surface area contributed by atoms with Crippen molar-refractivity contribution in [1.29, 1.82) is 0 Å². The molecule has 0 aliphatic rings. The zero-order valence-corrected chi connectivity index (χ0v) is 7.09. The predicted octanol–water partition coefficient (Wildman–Crippen LogP) is 1.58. The van der Waals surface area contributed by atoms with E-state index in [1.807, 2.05) is 0 Å². The zero-order chi connectivity index (χ0) is 9.30. The molecule has 1 rings (SSSR count). The molecule has 0 unspecified atom stereocenters. The third kappa shape index (κ3) is 1.39. The molecule has 3 N–H and O–H groups in total. The van der Waals surface area contributed by atoms with Crippen molar-refractivity contribution in [3.05, 3.63) is 28.8 Å². The number of benzene rings is 1. The van der Waals surface area contributed by atoms with E-state index in [0.29, 0.717) is 16.8 Å². The third-order valence-electron chi connectivity index (χ3n) is 1.84. The molecule has 0 aromatic heterocycles. The maximum atomic E-state index is 10.6. The molecule has 12 heavy (non-hydrogen) atoms. The third-order valence-corrected chi connectivity index (χ3v) is 1.84. The minimum atomic E-state index is -0.907. The maximum absolute atomic E-state index is 10.6. The summed E-state index contributed by atoms with van der Waals surface area (Å²) >= 11 is 0. The molecule has 0 radical (unpaired) electrons.